The van der Waals surface area contributed by atoms with Gasteiger partial charge in [0.2, 0.25) is 0 Å². The molecule has 0 aromatic carbocycles. The largest absolute Gasteiger partial charge is 0.399 e. The van der Waals surface area contributed by atoms with Gasteiger partial charge in [0.05, 0.1) is 0 Å². The summed E-state index contributed by atoms with van der Waals surface area (Å²) in [5, 5.41) is 0. The zero-order chi connectivity index (χ0) is 10.3. The molecule has 0 unspecified atom stereocenters. The van der Waals surface area contributed by atoms with Gasteiger partial charge in [0.1, 0.15) is 0 Å². The second kappa shape index (κ2) is 6.76. The van der Waals surface area contributed by atoms with Crippen molar-refractivity contribution in [1.82, 2.24) is 0 Å². The molecule has 0 rings (SSSR count). The Morgan fingerprint density at radius 2 is 1.85 bits per heavy atom. The van der Waals surface area contributed by atoms with E-state index in [4.69, 9.17) is 5.73 Å². The summed E-state index contributed by atoms with van der Waals surface area (Å²) in [7, 11) is 0. The molecule has 0 saturated carbocycles. The molecule has 0 bridgehead atoms. The van der Waals surface area contributed by atoms with Crippen LogP contribution < -0.4 is 5.73 Å². The summed E-state index contributed by atoms with van der Waals surface area (Å²) < 4.78 is 0. The molecule has 0 spiro atoms. The molecule has 0 aliphatic carbocycles. The molecule has 0 amide bonds. The Kier molecular flexibility index (Phi) is 6.38. The fourth-order valence-electron chi connectivity index (χ4n) is 1.20. The molecule has 0 aromatic heterocycles. The summed E-state index contributed by atoms with van der Waals surface area (Å²) in [6, 6.07) is 0. The monoisotopic (exact) mass is 181 g/mol. The van der Waals surface area contributed by atoms with Crippen LogP contribution in [-0.2, 0) is 0 Å². The fourth-order valence-corrected chi connectivity index (χ4v) is 1.20. The summed E-state index contributed by atoms with van der Waals surface area (Å²) in [4.78, 5) is 0. The lowest BCUT2D eigenvalue weighted by atomic mass is 10.0. The van der Waals surface area contributed by atoms with Gasteiger partial charge in [-0.25, -0.2) is 0 Å². The summed E-state index contributed by atoms with van der Waals surface area (Å²) in [6.45, 7) is 8.72. The van der Waals surface area contributed by atoms with Crippen molar-refractivity contribution in [2.24, 2.45) is 11.7 Å². The van der Waals surface area contributed by atoms with E-state index < -0.39 is 0 Å². The SMILES string of the molecule is CC/C=C(N)\C(=C/CC(C)C)CC. The van der Waals surface area contributed by atoms with Gasteiger partial charge in [0.25, 0.3) is 0 Å². The predicted octanol–water partition coefficient (Wildman–Crippen LogP) is 3.62. The van der Waals surface area contributed by atoms with Crippen LogP contribution in [0.3, 0.4) is 0 Å². The van der Waals surface area contributed by atoms with Crippen molar-refractivity contribution in [1.29, 1.82) is 0 Å². The second-order valence-electron chi connectivity index (χ2n) is 3.78. The normalized spacial score (nSPS) is 13.9. The van der Waals surface area contributed by atoms with Crippen LogP contribution in [-0.4, -0.2) is 0 Å². The van der Waals surface area contributed by atoms with Crippen LogP contribution in [0.2, 0.25) is 0 Å². The highest BCUT2D eigenvalue weighted by atomic mass is 14.6. The molecule has 76 valence electrons. The number of hydrogen-bond acceptors (Lipinski definition) is 1. The topological polar surface area (TPSA) is 26.0 Å². The minimum Gasteiger partial charge on any atom is -0.399 e. The molecule has 0 aromatic rings. The van der Waals surface area contributed by atoms with Crippen molar-refractivity contribution in [3.05, 3.63) is 23.4 Å². The molecule has 1 heteroatoms. The van der Waals surface area contributed by atoms with Crippen molar-refractivity contribution in [2.75, 3.05) is 0 Å². The van der Waals surface area contributed by atoms with Gasteiger partial charge in [0, 0.05) is 5.70 Å². The Balaban J connectivity index is 4.31. The highest BCUT2D eigenvalue weighted by Crippen LogP contribution is 2.13. The van der Waals surface area contributed by atoms with Crippen LogP contribution in [0.4, 0.5) is 0 Å². The lowest BCUT2D eigenvalue weighted by molar-refractivity contribution is 0.660. The maximum atomic E-state index is 5.92. The molecule has 0 aliphatic heterocycles. The number of hydrogen-bond donors (Lipinski definition) is 1. The molecule has 0 saturated heterocycles. The third-order valence-corrected chi connectivity index (χ3v) is 2.01. The molecular formula is C12H23N. The van der Waals surface area contributed by atoms with Gasteiger partial charge in [0.15, 0.2) is 0 Å². The Bertz CT molecular complexity index is 187. The maximum absolute atomic E-state index is 5.92. The van der Waals surface area contributed by atoms with Crippen molar-refractivity contribution in [3.63, 3.8) is 0 Å². The standard InChI is InChI=1S/C12H23N/c1-5-7-12(13)11(6-2)9-8-10(3)4/h7,9-10H,5-6,8,13H2,1-4H3/b11-9-,12-7+. The minimum absolute atomic E-state index is 0.718. The molecule has 0 radical (unpaired) electrons. The number of rotatable bonds is 5. The molecule has 0 aliphatic rings. The van der Waals surface area contributed by atoms with E-state index in [-0.39, 0.29) is 0 Å². The van der Waals surface area contributed by atoms with Crippen LogP contribution in [0, 0.1) is 5.92 Å². The van der Waals surface area contributed by atoms with Crippen molar-refractivity contribution in [2.45, 2.75) is 47.0 Å². The van der Waals surface area contributed by atoms with Crippen molar-refractivity contribution in [3.8, 4) is 0 Å². The summed E-state index contributed by atoms with van der Waals surface area (Å²) in [5.74, 6) is 0.718. The quantitative estimate of drug-likeness (QED) is 0.644. The molecule has 0 atom stereocenters. The first-order valence-electron chi connectivity index (χ1n) is 5.26. The second-order valence-corrected chi connectivity index (χ2v) is 3.78. The Hall–Kier alpha value is -0.720. The smallest absolute Gasteiger partial charge is 0.0302 e. The van der Waals surface area contributed by atoms with Gasteiger partial charge in [-0.3, -0.25) is 0 Å². The van der Waals surface area contributed by atoms with Gasteiger partial charge in [-0.15, -0.1) is 0 Å². The first-order chi connectivity index (χ1) is 6.11. The van der Waals surface area contributed by atoms with Gasteiger partial charge in [-0.2, -0.15) is 0 Å². The van der Waals surface area contributed by atoms with E-state index in [1.54, 1.807) is 0 Å². The zero-order valence-corrected chi connectivity index (χ0v) is 9.43. The highest BCUT2D eigenvalue weighted by molar-refractivity contribution is 5.27. The molecule has 0 heterocycles. The molecular weight excluding hydrogens is 158 g/mol. The van der Waals surface area contributed by atoms with E-state index in [0.29, 0.717) is 0 Å². The third-order valence-electron chi connectivity index (χ3n) is 2.01. The van der Waals surface area contributed by atoms with E-state index in [2.05, 4.69) is 39.8 Å². The average Bonchev–Trinajstić information content (AvgIpc) is 2.05. The number of allylic oxidation sites excluding steroid dienone is 3. The fraction of sp³-hybridized carbons (Fsp3) is 0.667. The van der Waals surface area contributed by atoms with Gasteiger partial charge < -0.3 is 5.73 Å². The van der Waals surface area contributed by atoms with Crippen LogP contribution in [0.5, 0.6) is 0 Å². The Morgan fingerprint density at radius 1 is 1.23 bits per heavy atom. The molecule has 0 fully saturated rings. The van der Waals surface area contributed by atoms with Gasteiger partial charge in [-0.05, 0) is 30.8 Å². The lowest BCUT2D eigenvalue weighted by Crippen LogP contribution is -2.01. The minimum atomic E-state index is 0.718. The van der Waals surface area contributed by atoms with Gasteiger partial charge >= 0.3 is 0 Å². The van der Waals surface area contributed by atoms with E-state index in [1.807, 2.05) is 0 Å². The highest BCUT2D eigenvalue weighted by Gasteiger charge is 1.98. The molecule has 2 N–H and O–H groups in total. The predicted molar refractivity (Wildman–Crippen MR) is 60.4 cm³/mol. The summed E-state index contributed by atoms with van der Waals surface area (Å²) >= 11 is 0. The van der Waals surface area contributed by atoms with E-state index in [0.717, 1.165) is 30.9 Å². The van der Waals surface area contributed by atoms with Crippen molar-refractivity contribution < 1.29 is 0 Å². The zero-order valence-electron chi connectivity index (χ0n) is 9.43. The Morgan fingerprint density at radius 3 is 2.23 bits per heavy atom. The van der Waals surface area contributed by atoms with E-state index in [9.17, 15) is 0 Å². The van der Waals surface area contributed by atoms with Gasteiger partial charge in [-0.1, -0.05) is 39.8 Å². The van der Waals surface area contributed by atoms with Crippen LogP contribution in [0.15, 0.2) is 23.4 Å². The first-order valence-corrected chi connectivity index (χ1v) is 5.26. The molecule has 13 heavy (non-hydrogen) atoms. The van der Waals surface area contributed by atoms with Crippen LogP contribution >= 0.6 is 0 Å². The van der Waals surface area contributed by atoms with Crippen molar-refractivity contribution >= 4 is 0 Å². The first kappa shape index (κ1) is 12.3. The van der Waals surface area contributed by atoms with Crippen LogP contribution in [0.1, 0.15) is 47.0 Å². The Labute approximate surface area is 82.7 Å². The third kappa shape index (κ3) is 5.51. The summed E-state index contributed by atoms with van der Waals surface area (Å²) in [5.41, 5.74) is 8.18. The van der Waals surface area contributed by atoms with Crippen LogP contribution in [0.25, 0.3) is 0 Å². The lowest BCUT2D eigenvalue weighted by Gasteiger charge is -2.06. The van der Waals surface area contributed by atoms with E-state index >= 15 is 0 Å². The summed E-state index contributed by atoms with van der Waals surface area (Å²) in [6.07, 6.45) is 7.54. The average molecular weight is 181 g/mol. The number of nitrogens with two attached hydrogens (primary N) is 1. The maximum Gasteiger partial charge on any atom is 0.0302 e. The molecule has 1 nitrogen and oxygen atoms in total. The van der Waals surface area contributed by atoms with E-state index in [1.165, 1.54) is 5.57 Å².